The van der Waals surface area contributed by atoms with E-state index in [-0.39, 0.29) is 12.5 Å². The molecular weight excluding hydrogens is 496 g/mol. The van der Waals surface area contributed by atoms with Gasteiger partial charge in [0.05, 0.1) is 24.1 Å². The predicted octanol–water partition coefficient (Wildman–Crippen LogP) is 5.01. The average Bonchev–Trinajstić information content (AvgIpc) is 3.49. The first-order chi connectivity index (χ1) is 18.6. The Kier molecular flexibility index (Phi) is 8.72. The number of likely N-dealkylation sites (tertiary alicyclic amines) is 1. The number of benzene rings is 1. The Hall–Kier alpha value is -2.81. The first-order valence-corrected chi connectivity index (χ1v) is 14.8. The number of amides is 1. The molecule has 4 heterocycles. The summed E-state index contributed by atoms with van der Waals surface area (Å²) in [6.07, 6.45) is 8.04. The third kappa shape index (κ3) is 6.08. The van der Waals surface area contributed by atoms with E-state index in [1.54, 1.807) is 22.9 Å². The zero-order valence-corrected chi connectivity index (χ0v) is 23.2. The van der Waals surface area contributed by atoms with Crippen LogP contribution in [0.5, 0.6) is 0 Å². The summed E-state index contributed by atoms with van der Waals surface area (Å²) in [6, 6.07) is 16.6. The van der Waals surface area contributed by atoms with E-state index < -0.39 is 0 Å². The van der Waals surface area contributed by atoms with E-state index in [0.29, 0.717) is 24.1 Å². The van der Waals surface area contributed by atoms with Crippen molar-refractivity contribution in [3.63, 3.8) is 0 Å². The number of thioether (sulfide) groups is 1. The molecule has 3 aromatic rings. The summed E-state index contributed by atoms with van der Waals surface area (Å²) in [7, 11) is 1.81. The fraction of sp³-hybridized carbons (Fsp3) is 0.467. The number of anilines is 1. The number of carbonyl (C=O) groups excluding carboxylic acids is 1. The van der Waals surface area contributed by atoms with Crippen molar-refractivity contribution in [2.45, 2.75) is 43.2 Å². The van der Waals surface area contributed by atoms with Crippen LogP contribution in [0.15, 0.2) is 64.1 Å². The van der Waals surface area contributed by atoms with Gasteiger partial charge in [-0.1, -0.05) is 12.1 Å². The van der Waals surface area contributed by atoms with Crippen LogP contribution in [0.3, 0.4) is 0 Å². The van der Waals surface area contributed by atoms with Crippen LogP contribution in [0, 0.1) is 5.92 Å². The summed E-state index contributed by atoms with van der Waals surface area (Å²) in [5.41, 5.74) is 2.55. The van der Waals surface area contributed by atoms with E-state index in [0.717, 1.165) is 74.7 Å². The van der Waals surface area contributed by atoms with E-state index in [1.165, 1.54) is 4.90 Å². The predicted molar refractivity (Wildman–Crippen MR) is 153 cm³/mol. The first-order valence-electron chi connectivity index (χ1n) is 13.6. The van der Waals surface area contributed by atoms with E-state index in [2.05, 4.69) is 40.3 Å². The van der Waals surface area contributed by atoms with Crippen LogP contribution in [-0.2, 0) is 6.54 Å². The molecule has 2 aromatic heterocycles. The lowest BCUT2D eigenvalue weighted by molar-refractivity contribution is 0.0767. The largest absolute Gasteiger partial charge is 0.467 e. The van der Waals surface area contributed by atoms with Gasteiger partial charge in [0.1, 0.15) is 11.6 Å². The topological polar surface area (TPSA) is 73.1 Å². The Morgan fingerprint density at radius 3 is 2.58 bits per heavy atom. The first kappa shape index (κ1) is 26.8. The normalized spacial score (nSPS) is 19.0. The lowest BCUT2D eigenvalue weighted by Crippen LogP contribution is -2.49. The minimum absolute atomic E-state index is 0.0582. The molecule has 0 spiro atoms. The highest BCUT2D eigenvalue weighted by molar-refractivity contribution is 7.98. The number of hydrogen-bond donors (Lipinski definition) is 1. The molecule has 0 saturated carbocycles. The summed E-state index contributed by atoms with van der Waals surface area (Å²) in [6.45, 7) is 4.50. The number of pyridine rings is 1. The summed E-state index contributed by atoms with van der Waals surface area (Å²) in [4.78, 5) is 26.5. The molecule has 2 fully saturated rings. The van der Waals surface area contributed by atoms with E-state index in [1.807, 2.05) is 31.3 Å². The Morgan fingerprint density at radius 1 is 1.11 bits per heavy atom. The molecule has 5 rings (SSSR count). The van der Waals surface area contributed by atoms with Gasteiger partial charge < -0.3 is 19.3 Å². The molecular formula is C30H38N4O3S. The Morgan fingerprint density at radius 2 is 1.89 bits per heavy atom. The van der Waals surface area contributed by atoms with Crippen molar-refractivity contribution < 1.29 is 14.3 Å². The standard InChI is InChI=1S/C30H38N4O3S/c1-32(20-25-6-4-18-37-25)30(36)27-11-12-28(23-7-9-26(38-2)10-8-23)31-29(27)33-16-13-24(14-17-33)34-15-3-5-22(19-34)21-35/h4,6-12,18,22,24,35H,3,5,13-17,19-21H2,1-2H3. The lowest BCUT2D eigenvalue weighted by Gasteiger charge is -2.42. The highest BCUT2D eigenvalue weighted by atomic mass is 32.2. The van der Waals surface area contributed by atoms with Crippen LogP contribution in [0.2, 0.25) is 0 Å². The number of furan rings is 1. The average molecular weight is 535 g/mol. The van der Waals surface area contributed by atoms with Crippen LogP contribution in [0.25, 0.3) is 11.3 Å². The summed E-state index contributed by atoms with van der Waals surface area (Å²) in [5.74, 6) is 1.85. The van der Waals surface area contributed by atoms with Gasteiger partial charge in [0.15, 0.2) is 0 Å². The van der Waals surface area contributed by atoms with Gasteiger partial charge in [-0.2, -0.15) is 0 Å². The number of piperidine rings is 2. The third-order valence-electron chi connectivity index (χ3n) is 7.90. The van der Waals surface area contributed by atoms with E-state index in [9.17, 15) is 9.90 Å². The van der Waals surface area contributed by atoms with Gasteiger partial charge >= 0.3 is 0 Å². The molecule has 0 bridgehead atoms. The lowest BCUT2D eigenvalue weighted by atomic mass is 9.94. The van der Waals surface area contributed by atoms with Crippen molar-refractivity contribution >= 4 is 23.5 Å². The molecule has 0 aliphatic carbocycles. The molecule has 8 heteroatoms. The maximum absolute atomic E-state index is 13.6. The number of nitrogens with zero attached hydrogens (tertiary/aromatic N) is 4. The van der Waals surface area contributed by atoms with Gasteiger partial charge in [-0.3, -0.25) is 9.69 Å². The molecule has 1 unspecified atom stereocenters. The van der Waals surface area contributed by atoms with Crippen molar-refractivity contribution in [1.82, 2.24) is 14.8 Å². The quantitative estimate of drug-likeness (QED) is 0.407. The van der Waals surface area contributed by atoms with Crippen LogP contribution in [-0.4, -0.2) is 77.9 Å². The van der Waals surface area contributed by atoms with Crippen molar-refractivity contribution in [2.75, 3.05) is 51.0 Å². The molecule has 7 nitrogen and oxygen atoms in total. The fourth-order valence-electron chi connectivity index (χ4n) is 5.71. The second-order valence-electron chi connectivity index (χ2n) is 10.4. The van der Waals surface area contributed by atoms with Crippen LogP contribution in [0.1, 0.15) is 41.8 Å². The Bertz CT molecular complexity index is 1190. The second kappa shape index (κ2) is 12.4. The number of hydrogen-bond acceptors (Lipinski definition) is 7. The molecule has 2 saturated heterocycles. The van der Waals surface area contributed by atoms with E-state index >= 15 is 0 Å². The zero-order chi connectivity index (χ0) is 26.5. The summed E-state index contributed by atoms with van der Waals surface area (Å²) >= 11 is 1.72. The Balaban J connectivity index is 1.38. The van der Waals surface area contributed by atoms with Crippen LogP contribution < -0.4 is 4.90 Å². The number of aromatic nitrogens is 1. The number of carbonyl (C=O) groups is 1. The molecule has 202 valence electrons. The minimum atomic E-state index is -0.0582. The van der Waals surface area contributed by atoms with Gasteiger partial charge in [-0.25, -0.2) is 4.98 Å². The van der Waals surface area contributed by atoms with Gasteiger partial charge in [-0.05, 0) is 80.8 Å². The molecule has 1 atom stereocenters. The minimum Gasteiger partial charge on any atom is -0.467 e. The van der Waals surface area contributed by atoms with Gasteiger partial charge in [-0.15, -0.1) is 11.8 Å². The number of aliphatic hydroxyl groups excluding tert-OH is 1. The smallest absolute Gasteiger partial charge is 0.257 e. The second-order valence-corrected chi connectivity index (χ2v) is 11.3. The number of rotatable bonds is 8. The fourth-order valence-corrected chi connectivity index (χ4v) is 6.12. The molecule has 0 radical (unpaired) electrons. The van der Waals surface area contributed by atoms with Crippen molar-refractivity contribution in [2.24, 2.45) is 5.92 Å². The zero-order valence-electron chi connectivity index (χ0n) is 22.4. The van der Waals surface area contributed by atoms with Crippen molar-refractivity contribution in [3.05, 3.63) is 66.1 Å². The molecule has 1 amide bonds. The monoisotopic (exact) mass is 534 g/mol. The molecule has 2 aliphatic heterocycles. The molecule has 38 heavy (non-hydrogen) atoms. The summed E-state index contributed by atoms with van der Waals surface area (Å²) < 4.78 is 5.48. The molecule has 1 aromatic carbocycles. The Labute approximate surface area is 229 Å². The molecule has 2 aliphatic rings. The van der Waals surface area contributed by atoms with Crippen LogP contribution >= 0.6 is 11.8 Å². The third-order valence-corrected chi connectivity index (χ3v) is 8.64. The maximum Gasteiger partial charge on any atom is 0.257 e. The van der Waals surface area contributed by atoms with Gasteiger partial charge in [0, 0.05) is 49.8 Å². The van der Waals surface area contributed by atoms with Crippen molar-refractivity contribution in [3.8, 4) is 11.3 Å². The highest BCUT2D eigenvalue weighted by Crippen LogP contribution is 2.31. The highest BCUT2D eigenvalue weighted by Gasteiger charge is 2.31. The SMILES string of the molecule is CSc1ccc(-c2ccc(C(=O)N(C)Cc3ccco3)c(N3CCC(N4CCCC(CO)C4)CC3)n2)cc1. The van der Waals surface area contributed by atoms with Crippen molar-refractivity contribution in [1.29, 1.82) is 0 Å². The summed E-state index contributed by atoms with van der Waals surface area (Å²) in [5, 5.41) is 9.67. The molecule has 1 N–H and O–H groups in total. The maximum atomic E-state index is 13.6. The van der Waals surface area contributed by atoms with Gasteiger partial charge in [0.25, 0.3) is 5.91 Å². The number of aliphatic hydroxyl groups is 1. The van der Waals surface area contributed by atoms with Crippen LogP contribution in [0.4, 0.5) is 5.82 Å². The van der Waals surface area contributed by atoms with E-state index in [4.69, 9.17) is 9.40 Å². The van der Waals surface area contributed by atoms with Gasteiger partial charge in [0.2, 0.25) is 0 Å².